The van der Waals surface area contributed by atoms with Crippen LogP contribution in [-0.4, -0.2) is 15.9 Å². The Morgan fingerprint density at radius 2 is 2.36 bits per heavy atom. The van der Waals surface area contributed by atoms with Gasteiger partial charge in [0.15, 0.2) is 5.82 Å². The number of nitrogens with zero attached hydrogens (tertiary/aromatic N) is 2. The third-order valence-electron chi connectivity index (χ3n) is 2.30. The SMILES string of the molecule is CCCC(=O)Cc1nc(C2CC2)no1. The van der Waals surface area contributed by atoms with Crippen LogP contribution in [0.1, 0.15) is 50.2 Å². The van der Waals surface area contributed by atoms with Gasteiger partial charge in [0.1, 0.15) is 5.78 Å². The van der Waals surface area contributed by atoms with Crippen molar-refractivity contribution in [3.63, 3.8) is 0 Å². The van der Waals surface area contributed by atoms with Crippen molar-refractivity contribution in [1.82, 2.24) is 10.1 Å². The Morgan fingerprint density at radius 3 is 3.00 bits per heavy atom. The van der Waals surface area contributed by atoms with Gasteiger partial charge in [-0.1, -0.05) is 12.1 Å². The number of Topliss-reactive ketones (excluding diaryl/α,β-unsaturated/α-hetero) is 1. The molecule has 1 aliphatic carbocycles. The summed E-state index contributed by atoms with van der Waals surface area (Å²) < 4.78 is 5.00. The summed E-state index contributed by atoms with van der Waals surface area (Å²) in [5.74, 6) is 1.93. The van der Waals surface area contributed by atoms with Gasteiger partial charge < -0.3 is 4.52 Å². The second-order valence-electron chi connectivity index (χ2n) is 3.79. The first-order valence-corrected chi connectivity index (χ1v) is 5.13. The largest absolute Gasteiger partial charge is 0.339 e. The summed E-state index contributed by atoms with van der Waals surface area (Å²) in [5.41, 5.74) is 0. The van der Waals surface area contributed by atoms with E-state index in [1.807, 2.05) is 6.92 Å². The summed E-state index contributed by atoms with van der Waals surface area (Å²) in [5, 5.41) is 3.85. The zero-order chi connectivity index (χ0) is 9.97. The molecule has 4 nitrogen and oxygen atoms in total. The van der Waals surface area contributed by atoms with Crippen molar-refractivity contribution in [2.75, 3.05) is 0 Å². The van der Waals surface area contributed by atoms with E-state index in [0.717, 1.165) is 25.1 Å². The van der Waals surface area contributed by atoms with Crippen LogP contribution in [0.3, 0.4) is 0 Å². The van der Waals surface area contributed by atoms with Gasteiger partial charge in [-0.15, -0.1) is 0 Å². The van der Waals surface area contributed by atoms with E-state index in [9.17, 15) is 4.79 Å². The summed E-state index contributed by atoms with van der Waals surface area (Å²) >= 11 is 0. The number of carbonyl (C=O) groups is 1. The highest BCUT2D eigenvalue weighted by molar-refractivity contribution is 5.79. The predicted molar refractivity (Wildman–Crippen MR) is 49.9 cm³/mol. The molecule has 14 heavy (non-hydrogen) atoms. The van der Waals surface area contributed by atoms with Crippen LogP contribution in [0.2, 0.25) is 0 Å². The molecule has 0 aromatic carbocycles. The van der Waals surface area contributed by atoms with Gasteiger partial charge in [-0.2, -0.15) is 4.98 Å². The van der Waals surface area contributed by atoms with Gasteiger partial charge in [0.05, 0.1) is 6.42 Å². The summed E-state index contributed by atoms with van der Waals surface area (Å²) in [6.07, 6.45) is 4.08. The molecule has 1 aliphatic rings. The van der Waals surface area contributed by atoms with Crippen molar-refractivity contribution >= 4 is 5.78 Å². The maximum Gasteiger partial charge on any atom is 0.234 e. The van der Waals surface area contributed by atoms with Gasteiger partial charge >= 0.3 is 0 Å². The smallest absolute Gasteiger partial charge is 0.234 e. The van der Waals surface area contributed by atoms with Gasteiger partial charge in [-0.05, 0) is 19.3 Å². The molecule has 1 heterocycles. The lowest BCUT2D eigenvalue weighted by Crippen LogP contribution is -2.01. The Bertz CT molecular complexity index is 329. The Labute approximate surface area is 82.7 Å². The average Bonchev–Trinajstić information content (AvgIpc) is 2.89. The molecule has 0 radical (unpaired) electrons. The first kappa shape index (κ1) is 9.37. The van der Waals surface area contributed by atoms with Crippen LogP contribution in [0, 0.1) is 0 Å². The molecule has 0 saturated heterocycles. The summed E-state index contributed by atoms with van der Waals surface area (Å²) in [4.78, 5) is 15.5. The zero-order valence-corrected chi connectivity index (χ0v) is 8.32. The highest BCUT2D eigenvalue weighted by atomic mass is 16.5. The summed E-state index contributed by atoms with van der Waals surface area (Å²) in [6.45, 7) is 1.99. The second-order valence-corrected chi connectivity index (χ2v) is 3.79. The molecule has 4 heteroatoms. The quantitative estimate of drug-likeness (QED) is 0.717. The third-order valence-corrected chi connectivity index (χ3v) is 2.30. The fourth-order valence-corrected chi connectivity index (χ4v) is 1.38. The van der Waals surface area contributed by atoms with Crippen LogP contribution >= 0.6 is 0 Å². The van der Waals surface area contributed by atoms with Crippen molar-refractivity contribution < 1.29 is 9.32 Å². The zero-order valence-electron chi connectivity index (χ0n) is 8.32. The van der Waals surface area contributed by atoms with Crippen molar-refractivity contribution in [2.45, 2.75) is 44.9 Å². The fourth-order valence-electron chi connectivity index (χ4n) is 1.38. The van der Waals surface area contributed by atoms with Crippen molar-refractivity contribution in [1.29, 1.82) is 0 Å². The molecule has 0 spiro atoms. The normalized spacial score (nSPS) is 15.8. The number of aromatic nitrogens is 2. The first-order valence-electron chi connectivity index (χ1n) is 5.13. The van der Waals surface area contributed by atoms with E-state index in [-0.39, 0.29) is 5.78 Å². The molecule has 0 aliphatic heterocycles. The molecule has 0 atom stereocenters. The fraction of sp³-hybridized carbons (Fsp3) is 0.700. The van der Waals surface area contributed by atoms with E-state index in [2.05, 4.69) is 10.1 Å². The lowest BCUT2D eigenvalue weighted by atomic mass is 10.2. The standard InChI is InChI=1S/C10H14N2O2/c1-2-3-8(13)6-9-11-10(12-14-9)7-4-5-7/h7H,2-6H2,1H3. The van der Waals surface area contributed by atoms with Gasteiger partial charge in [0.25, 0.3) is 0 Å². The van der Waals surface area contributed by atoms with Crippen LogP contribution in [0.4, 0.5) is 0 Å². The summed E-state index contributed by atoms with van der Waals surface area (Å²) in [7, 11) is 0. The number of hydrogen-bond donors (Lipinski definition) is 0. The summed E-state index contributed by atoms with van der Waals surface area (Å²) in [6, 6.07) is 0. The number of carbonyl (C=O) groups excluding carboxylic acids is 1. The first-order chi connectivity index (χ1) is 6.79. The molecule has 1 saturated carbocycles. The van der Waals surface area contributed by atoms with E-state index < -0.39 is 0 Å². The van der Waals surface area contributed by atoms with Crippen molar-refractivity contribution in [2.24, 2.45) is 0 Å². The van der Waals surface area contributed by atoms with Crippen LogP contribution in [0.25, 0.3) is 0 Å². The lowest BCUT2D eigenvalue weighted by Gasteiger charge is -1.91. The Kier molecular flexibility index (Phi) is 2.61. The van der Waals surface area contributed by atoms with Crippen LogP contribution < -0.4 is 0 Å². The molecular weight excluding hydrogens is 180 g/mol. The van der Waals surface area contributed by atoms with Crippen LogP contribution in [-0.2, 0) is 11.2 Å². The number of rotatable bonds is 5. The molecule has 0 amide bonds. The minimum Gasteiger partial charge on any atom is -0.339 e. The van der Waals surface area contributed by atoms with Gasteiger partial charge in [-0.25, -0.2) is 0 Å². The number of ketones is 1. The van der Waals surface area contributed by atoms with Crippen LogP contribution in [0.15, 0.2) is 4.52 Å². The highest BCUT2D eigenvalue weighted by Gasteiger charge is 2.28. The highest BCUT2D eigenvalue weighted by Crippen LogP contribution is 2.38. The van der Waals surface area contributed by atoms with Crippen molar-refractivity contribution in [3.05, 3.63) is 11.7 Å². The van der Waals surface area contributed by atoms with Crippen molar-refractivity contribution in [3.8, 4) is 0 Å². The Balaban J connectivity index is 1.92. The molecular formula is C10H14N2O2. The molecule has 76 valence electrons. The predicted octanol–water partition coefficient (Wildman–Crippen LogP) is 1.86. The van der Waals surface area contributed by atoms with E-state index >= 15 is 0 Å². The van der Waals surface area contributed by atoms with E-state index in [1.54, 1.807) is 0 Å². The topological polar surface area (TPSA) is 56.0 Å². The maximum absolute atomic E-state index is 11.3. The Morgan fingerprint density at radius 1 is 1.57 bits per heavy atom. The molecule has 0 unspecified atom stereocenters. The lowest BCUT2D eigenvalue weighted by molar-refractivity contribution is -0.118. The maximum atomic E-state index is 11.3. The molecule has 0 bridgehead atoms. The van der Waals surface area contributed by atoms with Crippen LogP contribution in [0.5, 0.6) is 0 Å². The monoisotopic (exact) mass is 194 g/mol. The Hall–Kier alpha value is -1.19. The average molecular weight is 194 g/mol. The van der Waals surface area contributed by atoms with Gasteiger partial charge in [-0.3, -0.25) is 4.79 Å². The molecule has 1 fully saturated rings. The molecule has 1 aromatic rings. The minimum atomic E-state index is 0.179. The van der Waals surface area contributed by atoms with E-state index in [1.165, 1.54) is 0 Å². The molecule has 1 aromatic heterocycles. The number of hydrogen-bond acceptors (Lipinski definition) is 4. The van der Waals surface area contributed by atoms with Gasteiger partial charge in [0.2, 0.25) is 5.89 Å². The van der Waals surface area contributed by atoms with Gasteiger partial charge in [0, 0.05) is 12.3 Å². The minimum absolute atomic E-state index is 0.179. The second kappa shape index (κ2) is 3.90. The van der Waals surface area contributed by atoms with E-state index in [0.29, 0.717) is 24.7 Å². The third kappa shape index (κ3) is 2.19. The molecule has 2 rings (SSSR count). The van der Waals surface area contributed by atoms with E-state index in [4.69, 9.17) is 4.52 Å². The molecule has 0 N–H and O–H groups in total.